The third-order valence-electron chi connectivity index (χ3n) is 4.81. The van der Waals surface area contributed by atoms with Gasteiger partial charge in [0.2, 0.25) is 0 Å². The van der Waals surface area contributed by atoms with Crippen molar-refractivity contribution in [2.75, 3.05) is 26.2 Å². The van der Waals surface area contributed by atoms with Crippen LogP contribution in [-0.2, 0) is 6.54 Å². The van der Waals surface area contributed by atoms with Crippen LogP contribution >= 0.6 is 12.2 Å². The van der Waals surface area contributed by atoms with Crippen LogP contribution in [0.3, 0.4) is 0 Å². The summed E-state index contributed by atoms with van der Waals surface area (Å²) in [5.41, 5.74) is 2.00. The number of hydrogen-bond donors (Lipinski definition) is 3. The van der Waals surface area contributed by atoms with Gasteiger partial charge >= 0.3 is 0 Å². The Bertz CT molecular complexity index is 1040. The number of carbonyl (C=O) groups excluding carboxylic acids is 1. The van der Waals surface area contributed by atoms with Gasteiger partial charge in [0, 0.05) is 18.7 Å². The second-order valence-corrected chi connectivity index (χ2v) is 7.03. The Balaban J connectivity index is 1.69. The number of para-hydroxylation sites is 1. The molecule has 0 atom stereocenters. The Labute approximate surface area is 174 Å². The minimum absolute atomic E-state index is 0.201. The zero-order valence-corrected chi connectivity index (χ0v) is 17.4. The molecule has 0 spiro atoms. The molecule has 0 aliphatic heterocycles. The van der Waals surface area contributed by atoms with Crippen LogP contribution in [0.1, 0.15) is 29.8 Å². The summed E-state index contributed by atoms with van der Waals surface area (Å²) in [5, 5.41) is 2.84. The van der Waals surface area contributed by atoms with Crippen LogP contribution in [0, 0.1) is 10.6 Å². The molecule has 0 saturated heterocycles. The number of imidazole rings is 1. The molecule has 1 aromatic heterocycles. The molecule has 3 rings (SSSR count). The number of halogens is 1. The normalized spacial score (nSPS) is 11.2. The van der Waals surface area contributed by atoms with Crippen LogP contribution in [0.5, 0.6) is 5.75 Å². The zero-order chi connectivity index (χ0) is 20.8. The van der Waals surface area contributed by atoms with Crippen molar-refractivity contribution in [2.24, 2.45) is 0 Å². The fourth-order valence-corrected chi connectivity index (χ4v) is 3.38. The predicted octanol–water partition coefficient (Wildman–Crippen LogP) is 4.02. The summed E-state index contributed by atoms with van der Waals surface area (Å²) in [6.45, 7) is 7.85. The Morgan fingerprint density at radius 1 is 1.21 bits per heavy atom. The number of carbonyl (C=O) groups is 1. The number of benzene rings is 2. The Kier molecular flexibility index (Phi) is 7.00. The summed E-state index contributed by atoms with van der Waals surface area (Å²) < 4.78 is 20.1. The minimum atomic E-state index is -0.506. The van der Waals surface area contributed by atoms with Gasteiger partial charge in [-0.1, -0.05) is 32.0 Å². The van der Waals surface area contributed by atoms with Crippen molar-refractivity contribution < 1.29 is 13.9 Å². The van der Waals surface area contributed by atoms with E-state index in [1.54, 1.807) is 0 Å². The van der Waals surface area contributed by atoms with Gasteiger partial charge in [-0.15, -0.1) is 0 Å². The zero-order valence-electron chi connectivity index (χ0n) is 16.5. The molecule has 0 saturated carbocycles. The van der Waals surface area contributed by atoms with Crippen molar-refractivity contribution in [3.05, 3.63) is 58.1 Å². The number of nitrogens with one attached hydrogen (secondary N) is 3. The number of likely N-dealkylation sites (N-methyl/N-ethyl adjacent to an activating group) is 1. The van der Waals surface area contributed by atoms with E-state index in [4.69, 9.17) is 17.0 Å². The average Bonchev–Trinajstić information content (AvgIpc) is 3.09. The van der Waals surface area contributed by atoms with E-state index < -0.39 is 11.7 Å². The molecule has 1 heterocycles. The minimum Gasteiger partial charge on any atom is -0.492 e. The van der Waals surface area contributed by atoms with Crippen LogP contribution in [0.25, 0.3) is 11.0 Å². The standard InChI is InChI=1S/C21H25FN4O2S/c1-3-26(4-2)9-10-28-18-8-6-5-7-14(18)13-23-20(27)16-11-15(22)12-17-19(16)25-21(29)24-17/h5-8,11-12H,3-4,9-10,13H2,1-2H3,(H,23,27)(H2,24,25,29). The van der Waals surface area contributed by atoms with E-state index in [0.717, 1.165) is 30.9 Å². The quantitative estimate of drug-likeness (QED) is 0.461. The summed E-state index contributed by atoms with van der Waals surface area (Å²) in [7, 11) is 0. The first-order chi connectivity index (χ1) is 14.0. The average molecular weight is 417 g/mol. The summed E-state index contributed by atoms with van der Waals surface area (Å²) in [6, 6.07) is 10.1. The lowest BCUT2D eigenvalue weighted by atomic mass is 10.1. The van der Waals surface area contributed by atoms with E-state index in [0.29, 0.717) is 22.4 Å². The van der Waals surface area contributed by atoms with Gasteiger partial charge < -0.3 is 24.9 Å². The highest BCUT2D eigenvalue weighted by molar-refractivity contribution is 7.71. The first-order valence-corrected chi connectivity index (χ1v) is 10.1. The number of rotatable bonds is 9. The number of nitrogens with zero attached hydrogens (tertiary/aromatic N) is 1. The Morgan fingerprint density at radius 2 is 1.97 bits per heavy atom. The monoisotopic (exact) mass is 416 g/mol. The van der Waals surface area contributed by atoms with Crippen LogP contribution < -0.4 is 10.1 Å². The molecule has 0 fully saturated rings. The van der Waals surface area contributed by atoms with Crippen molar-refractivity contribution >= 4 is 29.2 Å². The SMILES string of the molecule is CCN(CC)CCOc1ccccc1CNC(=O)c1cc(F)cc2[nH]c(=S)[nH]c12. The van der Waals surface area contributed by atoms with E-state index >= 15 is 0 Å². The molecule has 0 aliphatic carbocycles. The van der Waals surface area contributed by atoms with Gasteiger partial charge in [0.05, 0.1) is 16.6 Å². The third-order valence-corrected chi connectivity index (χ3v) is 5.01. The van der Waals surface area contributed by atoms with Crippen LogP contribution in [0.2, 0.25) is 0 Å². The topological polar surface area (TPSA) is 73.2 Å². The van der Waals surface area contributed by atoms with Crippen LogP contribution in [0.4, 0.5) is 4.39 Å². The number of amides is 1. The van der Waals surface area contributed by atoms with Gasteiger partial charge in [-0.25, -0.2) is 4.39 Å². The van der Waals surface area contributed by atoms with Gasteiger partial charge in [-0.3, -0.25) is 4.79 Å². The highest BCUT2D eigenvalue weighted by atomic mass is 32.1. The van der Waals surface area contributed by atoms with Crippen LogP contribution in [0.15, 0.2) is 36.4 Å². The number of H-pyrrole nitrogens is 2. The van der Waals surface area contributed by atoms with Gasteiger partial charge in [0.15, 0.2) is 4.77 Å². The summed E-state index contributed by atoms with van der Waals surface area (Å²) in [5.74, 6) is -0.170. The largest absolute Gasteiger partial charge is 0.492 e. The number of ether oxygens (including phenoxy) is 1. The molecular formula is C21H25FN4O2S. The summed E-state index contributed by atoms with van der Waals surface area (Å²) in [4.78, 5) is 20.7. The fraction of sp³-hybridized carbons (Fsp3) is 0.333. The number of aromatic nitrogens is 2. The van der Waals surface area contributed by atoms with Crippen LogP contribution in [-0.4, -0.2) is 47.0 Å². The highest BCUT2D eigenvalue weighted by Gasteiger charge is 2.15. The first kappa shape index (κ1) is 21.0. The molecule has 0 aliphatic rings. The summed E-state index contributed by atoms with van der Waals surface area (Å²) >= 11 is 5.05. The molecule has 0 radical (unpaired) electrons. The lowest BCUT2D eigenvalue weighted by Gasteiger charge is -2.19. The number of hydrogen-bond acceptors (Lipinski definition) is 4. The van der Waals surface area contributed by atoms with E-state index in [2.05, 4.69) is 34.0 Å². The van der Waals surface area contributed by atoms with Gasteiger partial charge in [-0.05, 0) is 43.5 Å². The predicted molar refractivity (Wildman–Crippen MR) is 114 cm³/mol. The van der Waals surface area contributed by atoms with Crippen molar-refractivity contribution in [1.82, 2.24) is 20.2 Å². The smallest absolute Gasteiger partial charge is 0.253 e. The fourth-order valence-electron chi connectivity index (χ4n) is 3.17. The molecule has 8 heteroatoms. The number of fused-ring (bicyclic) bond motifs is 1. The number of aromatic amines is 2. The first-order valence-electron chi connectivity index (χ1n) is 9.64. The molecule has 2 aromatic carbocycles. The molecule has 0 bridgehead atoms. The van der Waals surface area contributed by atoms with E-state index in [1.807, 2.05) is 24.3 Å². The van der Waals surface area contributed by atoms with Crippen molar-refractivity contribution in [1.29, 1.82) is 0 Å². The maximum Gasteiger partial charge on any atom is 0.253 e. The molecule has 6 nitrogen and oxygen atoms in total. The Hall–Kier alpha value is -2.71. The van der Waals surface area contributed by atoms with Gasteiger partial charge in [0.1, 0.15) is 18.2 Å². The van der Waals surface area contributed by atoms with Crippen molar-refractivity contribution in [3.63, 3.8) is 0 Å². The van der Waals surface area contributed by atoms with Crippen molar-refractivity contribution in [3.8, 4) is 5.75 Å². The van der Waals surface area contributed by atoms with E-state index in [1.165, 1.54) is 12.1 Å². The molecule has 154 valence electrons. The Morgan fingerprint density at radius 3 is 2.72 bits per heavy atom. The molecule has 0 unspecified atom stereocenters. The lowest BCUT2D eigenvalue weighted by Crippen LogP contribution is -2.28. The molecule has 29 heavy (non-hydrogen) atoms. The highest BCUT2D eigenvalue weighted by Crippen LogP contribution is 2.20. The molecule has 1 amide bonds. The maximum absolute atomic E-state index is 13.9. The third kappa shape index (κ3) is 5.21. The van der Waals surface area contributed by atoms with Gasteiger partial charge in [-0.2, -0.15) is 0 Å². The lowest BCUT2D eigenvalue weighted by molar-refractivity contribution is 0.0951. The van der Waals surface area contributed by atoms with E-state index in [-0.39, 0.29) is 12.1 Å². The second-order valence-electron chi connectivity index (χ2n) is 6.62. The second kappa shape index (κ2) is 9.67. The van der Waals surface area contributed by atoms with E-state index in [9.17, 15) is 9.18 Å². The molecule has 3 N–H and O–H groups in total. The molecular weight excluding hydrogens is 391 g/mol. The summed E-state index contributed by atoms with van der Waals surface area (Å²) in [6.07, 6.45) is 0. The molecule has 3 aromatic rings. The van der Waals surface area contributed by atoms with Crippen molar-refractivity contribution in [2.45, 2.75) is 20.4 Å². The maximum atomic E-state index is 13.9. The van der Waals surface area contributed by atoms with Gasteiger partial charge in [0.25, 0.3) is 5.91 Å².